The lowest BCUT2D eigenvalue weighted by Gasteiger charge is -2.40. The molecule has 0 saturated carbocycles. The molecule has 176 valence electrons. The summed E-state index contributed by atoms with van der Waals surface area (Å²) in [5, 5.41) is 3.03. The molecular formula is C28H29F2N3O. The van der Waals surface area contributed by atoms with Crippen molar-refractivity contribution >= 4 is 6.03 Å². The molecule has 3 aromatic rings. The van der Waals surface area contributed by atoms with Crippen LogP contribution in [0.4, 0.5) is 13.6 Å². The number of aryl methyl sites for hydroxylation is 1. The second kappa shape index (κ2) is 9.55. The van der Waals surface area contributed by atoms with Gasteiger partial charge in [0.2, 0.25) is 0 Å². The fourth-order valence-electron chi connectivity index (χ4n) is 5.62. The highest BCUT2D eigenvalue weighted by Gasteiger charge is 2.36. The minimum atomic E-state index is -0.520. The van der Waals surface area contributed by atoms with E-state index in [9.17, 15) is 13.6 Å². The minimum absolute atomic E-state index is 0.130. The summed E-state index contributed by atoms with van der Waals surface area (Å²) in [6, 6.07) is 19.2. The highest BCUT2D eigenvalue weighted by atomic mass is 19.1. The quantitative estimate of drug-likeness (QED) is 0.525. The molecule has 5 rings (SSSR count). The number of nitrogens with one attached hydrogen (secondary N) is 1. The summed E-state index contributed by atoms with van der Waals surface area (Å²) in [7, 11) is 0. The van der Waals surface area contributed by atoms with Crippen LogP contribution in [-0.4, -0.2) is 30.2 Å². The van der Waals surface area contributed by atoms with E-state index in [2.05, 4.69) is 28.4 Å². The number of urea groups is 1. The van der Waals surface area contributed by atoms with E-state index in [1.54, 1.807) is 12.1 Å². The van der Waals surface area contributed by atoms with Crippen LogP contribution in [0, 0.1) is 11.6 Å². The molecule has 34 heavy (non-hydrogen) atoms. The normalized spacial score (nSPS) is 19.5. The number of amides is 2. The summed E-state index contributed by atoms with van der Waals surface area (Å²) in [6.45, 7) is 1.66. The van der Waals surface area contributed by atoms with E-state index in [4.69, 9.17) is 5.73 Å². The predicted octanol–water partition coefficient (Wildman–Crippen LogP) is 5.54. The predicted molar refractivity (Wildman–Crippen MR) is 129 cm³/mol. The number of likely N-dealkylation sites (tertiary alicyclic amines) is 1. The number of piperidine rings is 1. The number of primary amides is 1. The third-order valence-corrected chi connectivity index (χ3v) is 7.38. The summed E-state index contributed by atoms with van der Waals surface area (Å²) in [5.74, 6) is 0.0432. The van der Waals surface area contributed by atoms with E-state index in [-0.39, 0.29) is 23.7 Å². The molecule has 2 aliphatic rings. The van der Waals surface area contributed by atoms with Gasteiger partial charge in [-0.05, 0) is 83.7 Å². The summed E-state index contributed by atoms with van der Waals surface area (Å²) >= 11 is 0. The van der Waals surface area contributed by atoms with Crippen LogP contribution in [0.25, 0.3) is 11.1 Å². The highest BCUT2D eigenvalue weighted by Crippen LogP contribution is 2.40. The van der Waals surface area contributed by atoms with Crippen LogP contribution in [0.1, 0.15) is 47.8 Å². The average molecular weight is 462 g/mol. The molecule has 0 radical (unpaired) electrons. The summed E-state index contributed by atoms with van der Waals surface area (Å²) in [6.07, 6.45) is 3.59. The van der Waals surface area contributed by atoms with Gasteiger partial charge in [0.1, 0.15) is 11.6 Å². The van der Waals surface area contributed by atoms with Gasteiger partial charge in [-0.25, -0.2) is 13.6 Å². The second-order valence-corrected chi connectivity index (χ2v) is 9.38. The first-order chi connectivity index (χ1) is 16.5. The van der Waals surface area contributed by atoms with Crippen molar-refractivity contribution in [3.05, 3.63) is 95.1 Å². The van der Waals surface area contributed by atoms with Gasteiger partial charge in [0, 0.05) is 19.0 Å². The lowest BCUT2D eigenvalue weighted by atomic mass is 9.87. The van der Waals surface area contributed by atoms with Crippen LogP contribution in [0.2, 0.25) is 0 Å². The van der Waals surface area contributed by atoms with Crippen molar-refractivity contribution in [2.75, 3.05) is 13.1 Å². The molecule has 1 saturated heterocycles. The van der Waals surface area contributed by atoms with Gasteiger partial charge in [0.25, 0.3) is 0 Å². The Kier molecular flexibility index (Phi) is 6.33. The maximum Gasteiger partial charge on any atom is 0.313 e. The van der Waals surface area contributed by atoms with Gasteiger partial charge < -0.3 is 11.1 Å². The molecule has 6 heteroatoms. The number of fused-ring (bicyclic) bond motifs is 1. The van der Waals surface area contributed by atoms with E-state index in [0.717, 1.165) is 55.5 Å². The number of benzene rings is 3. The molecule has 2 atom stereocenters. The van der Waals surface area contributed by atoms with Gasteiger partial charge >= 0.3 is 6.03 Å². The molecule has 0 aromatic heterocycles. The molecule has 1 heterocycles. The largest absolute Gasteiger partial charge is 0.352 e. The van der Waals surface area contributed by atoms with Crippen molar-refractivity contribution in [3.8, 4) is 11.1 Å². The number of carbonyl (C=O) groups excluding carboxylic acids is 1. The first-order valence-electron chi connectivity index (χ1n) is 11.9. The van der Waals surface area contributed by atoms with Crippen molar-refractivity contribution < 1.29 is 13.6 Å². The van der Waals surface area contributed by atoms with Gasteiger partial charge in [0.15, 0.2) is 0 Å². The Morgan fingerprint density at radius 2 is 1.50 bits per heavy atom. The van der Waals surface area contributed by atoms with E-state index in [1.165, 1.54) is 35.4 Å². The van der Waals surface area contributed by atoms with Crippen LogP contribution >= 0.6 is 0 Å². The van der Waals surface area contributed by atoms with Gasteiger partial charge in [-0.3, -0.25) is 4.90 Å². The Morgan fingerprint density at radius 1 is 0.882 bits per heavy atom. The third kappa shape index (κ3) is 4.68. The van der Waals surface area contributed by atoms with Crippen LogP contribution in [0.3, 0.4) is 0 Å². The van der Waals surface area contributed by atoms with Crippen molar-refractivity contribution in [1.82, 2.24) is 10.2 Å². The topological polar surface area (TPSA) is 58.4 Å². The Labute approximate surface area is 198 Å². The minimum Gasteiger partial charge on any atom is -0.352 e. The van der Waals surface area contributed by atoms with Gasteiger partial charge in [0.05, 0.1) is 6.17 Å². The smallest absolute Gasteiger partial charge is 0.313 e. The molecule has 3 aromatic carbocycles. The van der Waals surface area contributed by atoms with Crippen molar-refractivity contribution in [2.45, 2.75) is 43.7 Å². The van der Waals surface area contributed by atoms with Crippen molar-refractivity contribution in [1.29, 1.82) is 0 Å². The molecule has 1 fully saturated rings. The van der Waals surface area contributed by atoms with Crippen molar-refractivity contribution in [2.24, 2.45) is 5.73 Å². The Morgan fingerprint density at radius 3 is 2.15 bits per heavy atom. The number of nitrogens with zero attached hydrogens (tertiary/aromatic N) is 1. The molecular weight excluding hydrogens is 432 g/mol. The summed E-state index contributed by atoms with van der Waals surface area (Å²) in [5.41, 5.74) is 11.3. The van der Waals surface area contributed by atoms with E-state index in [0.29, 0.717) is 5.92 Å². The molecule has 4 nitrogen and oxygen atoms in total. The molecule has 1 aliphatic carbocycles. The Balaban J connectivity index is 1.37. The molecule has 0 spiro atoms. The second-order valence-electron chi connectivity index (χ2n) is 9.38. The van der Waals surface area contributed by atoms with Crippen LogP contribution in [0.5, 0.6) is 0 Å². The molecule has 3 N–H and O–H groups in total. The van der Waals surface area contributed by atoms with Gasteiger partial charge in [-0.1, -0.05) is 42.5 Å². The summed E-state index contributed by atoms with van der Waals surface area (Å²) < 4.78 is 26.7. The lowest BCUT2D eigenvalue weighted by Crippen LogP contribution is -2.54. The third-order valence-electron chi connectivity index (χ3n) is 7.38. The van der Waals surface area contributed by atoms with Gasteiger partial charge in [-0.15, -0.1) is 0 Å². The number of carbonyl (C=O) groups is 1. The first-order valence-corrected chi connectivity index (χ1v) is 11.9. The van der Waals surface area contributed by atoms with Crippen LogP contribution < -0.4 is 11.1 Å². The highest BCUT2D eigenvalue weighted by molar-refractivity contribution is 5.72. The number of nitrogens with two attached hydrogens (primary N) is 1. The zero-order chi connectivity index (χ0) is 23.7. The molecule has 0 bridgehead atoms. The van der Waals surface area contributed by atoms with E-state index >= 15 is 0 Å². The number of hydrogen-bond donors (Lipinski definition) is 2. The number of hydrogen-bond acceptors (Lipinski definition) is 2. The molecule has 2 amide bonds. The van der Waals surface area contributed by atoms with Crippen LogP contribution in [0.15, 0.2) is 66.7 Å². The number of halogens is 2. The van der Waals surface area contributed by atoms with Gasteiger partial charge in [-0.2, -0.15) is 0 Å². The average Bonchev–Trinajstić information content (AvgIpc) is 3.27. The maximum atomic E-state index is 13.4. The SMILES string of the molecule is NC(=O)NC(C1CCc2ccc(-c3ccc(F)cc3)cc21)N1CCC(c2ccc(F)cc2)CC1. The van der Waals surface area contributed by atoms with E-state index < -0.39 is 6.03 Å². The van der Waals surface area contributed by atoms with Crippen molar-refractivity contribution in [3.63, 3.8) is 0 Å². The molecule has 2 unspecified atom stereocenters. The first kappa shape index (κ1) is 22.5. The van der Waals surface area contributed by atoms with E-state index in [1.807, 2.05) is 12.1 Å². The van der Waals surface area contributed by atoms with Crippen LogP contribution in [-0.2, 0) is 6.42 Å². The monoisotopic (exact) mass is 461 g/mol. The standard InChI is InChI=1S/C28H29F2N3O/c29-23-8-3-18(4-9-23)20-13-15-33(16-14-20)27(32-28(31)34)25-12-7-21-1-2-22(17-26(21)25)19-5-10-24(30)11-6-19/h1-6,8-11,17,20,25,27H,7,12-16H2,(H3,31,32,34). The zero-order valence-corrected chi connectivity index (χ0v) is 19.0. The Hall–Kier alpha value is -3.25. The Bertz CT molecular complexity index is 1160. The maximum absolute atomic E-state index is 13.4. The molecule has 1 aliphatic heterocycles. The fraction of sp³-hybridized carbons (Fsp3) is 0.321. The summed E-state index contributed by atoms with van der Waals surface area (Å²) in [4.78, 5) is 14.3. The lowest BCUT2D eigenvalue weighted by molar-refractivity contribution is 0.112. The fourth-order valence-corrected chi connectivity index (χ4v) is 5.62. The zero-order valence-electron chi connectivity index (χ0n) is 19.0. The number of rotatable bonds is 5.